The first-order valence-electron chi connectivity index (χ1n) is 12.4. The lowest BCUT2D eigenvalue weighted by molar-refractivity contribution is -0.0125. The average molecular weight is 445 g/mol. The second-order valence-corrected chi connectivity index (χ2v) is 11.3. The van der Waals surface area contributed by atoms with Gasteiger partial charge in [0.2, 0.25) is 0 Å². The monoisotopic (exact) mass is 444 g/mol. The lowest BCUT2D eigenvalue weighted by atomic mass is 9.61. The maximum Gasteiger partial charge on any atom is 0.0824 e. The molecule has 0 aliphatic heterocycles. The SMILES string of the molecule is C=C1/C(=C/C=C2/CCC[C@]3(C)[C@@H]([C@H](C)/C=C/COCC(C)(C)O)CC[C@@H]23)C[C@@H](O)C[C@@H]1O. The maximum atomic E-state index is 10.1. The average Bonchev–Trinajstić information content (AvgIpc) is 3.06. The summed E-state index contributed by atoms with van der Waals surface area (Å²) >= 11 is 0. The largest absolute Gasteiger partial charge is 0.393 e. The summed E-state index contributed by atoms with van der Waals surface area (Å²) in [6.07, 6.45) is 14.8. The van der Waals surface area contributed by atoms with Crippen molar-refractivity contribution in [3.63, 3.8) is 0 Å². The van der Waals surface area contributed by atoms with E-state index >= 15 is 0 Å². The van der Waals surface area contributed by atoms with Crippen LogP contribution in [-0.4, -0.2) is 46.3 Å². The number of hydrogen-bond donors (Lipinski definition) is 3. The third-order valence-electron chi connectivity index (χ3n) is 8.05. The smallest absolute Gasteiger partial charge is 0.0824 e. The molecule has 0 aromatic carbocycles. The highest BCUT2D eigenvalue weighted by atomic mass is 16.5. The molecule has 32 heavy (non-hydrogen) atoms. The molecule has 4 heteroatoms. The van der Waals surface area contributed by atoms with Crippen molar-refractivity contribution in [3.8, 4) is 0 Å². The van der Waals surface area contributed by atoms with Gasteiger partial charge in [-0.3, -0.25) is 0 Å². The summed E-state index contributed by atoms with van der Waals surface area (Å²) in [7, 11) is 0. The number of allylic oxidation sites excluding steroid dienone is 4. The quantitative estimate of drug-likeness (QED) is 0.377. The van der Waals surface area contributed by atoms with Crippen LogP contribution in [0.15, 0.2) is 47.6 Å². The van der Waals surface area contributed by atoms with E-state index in [1.165, 1.54) is 31.3 Å². The molecule has 3 aliphatic carbocycles. The number of ether oxygens (including phenoxy) is 1. The molecule has 0 heterocycles. The molecule has 3 rings (SSSR count). The molecule has 3 saturated carbocycles. The molecule has 3 aliphatic rings. The Morgan fingerprint density at radius 3 is 2.72 bits per heavy atom. The molecule has 3 fully saturated rings. The van der Waals surface area contributed by atoms with Crippen LogP contribution < -0.4 is 0 Å². The zero-order chi connectivity index (χ0) is 23.5. The predicted octanol–water partition coefficient (Wildman–Crippen LogP) is 5.11. The number of rotatable bonds is 7. The molecule has 0 aromatic heterocycles. The predicted molar refractivity (Wildman–Crippen MR) is 130 cm³/mol. The summed E-state index contributed by atoms with van der Waals surface area (Å²) in [5.74, 6) is 1.76. The molecule has 0 bridgehead atoms. The zero-order valence-electron chi connectivity index (χ0n) is 20.5. The van der Waals surface area contributed by atoms with Gasteiger partial charge in [-0.05, 0) is 86.7 Å². The molecule has 0 amide bonds. The Labute approximate surface area is 194 Å². The van der Waals surface area contributed by atoms with Crippen molar-refractivity contribution in [2.75, 3.05) is 13.2 Å². The van der Waals surface area contributed by atoms with E-state index in [-0.39, 0.29) is 0 Å². The Kier molecular flexibility index (Phi) is 8.25. The van der Waals surface area contributed by atoms with E-state index in [9.17, 15) is 15.3 Å². The van der Waals surface area contributed by atoms with Crippen LogP contribution in [0.3, 0.4) is 0 Å². The van der Waals surface area contributed by atoms with E-state index in [0.29, 0.717) is 49.2 Å². The molecule has 0 unspecified atom stereocenters. The number of aliphatic hydroxyl groups excluding tert-OH is 2. The van der Waals surface area contributed by atoms with Gasteiger partial charge in [-0.25, -0.2) is 0 Å². The van der Waals surface area contributed by atoms with Crippen molar-refractivity contribution in [2.45, 2.75) is 90.4 Å². The first kappa shape index (κ1) is 25.4. The highest BCUT2D eigenvalue weighted by Gasteiger charge is 2.50. The fourth-order valence-corrected chi connectivity index (χ4v) is 6.39. The summed E-state index contributed by atoms with van der Waals surface area (Å²) in [5, 5.41) is 29.9. The molecular weight excluding hydrogens is 400 g/mol. The first-order chi connectivity index (χ1) is 15.0. The maximum absolute atomic E-state index is 10.1. The van der Waals surface area contributed by atoms with Crippen molar-refractivity contribution < 1.29 is 20.1 Å². The molecule has 0 radical (unpaired) electrons. The van der Waals surface area contributed by atoms with Crippen LogP contribution in [0.25, 0.3) is 0 Å². The standard InChI is InChI=1S/C28H44O4/c1-19(8-7-15-32-18-27(3,4)31)24-12-13-25-21(9-6-14-28(24,25)5)10-11-22-16-23(29)17-26(30)20(22)2/h7-8,10-11,19,23-26,29-31H,2,6,9,12-18H2,1,3-5H3/b8-7+,21-10-,22-11+/t19-,23-,24-,25+,26+,28-/m1/s1. The van der Waals surface area contributed by atoms with Gasteiger partial charge in [0.25, 0.3) is 0 Å². The highest BCUT2D eigenvalue weighted by Crippen LogP contribution is 2.59. The third kappa shape index (κ3) is 6.02. The van der Waals surface area contributed by atoms with Crippen molar-refractivity contribution in [2.24, 2.45) is 23.2 Å². The van der Waals surface area contributed by atoms with Crippen molar-refractivity contribution in [1.82, 2.24) is 0 Å². The molecule has 180 valence electrons. The summed E-state index contributed by atoms with van der Waals surface area (Å²) < 4.78 is 5.58. The molecule has 0 spiro atoms. The van der Waals surface area contributed by atoms with Gasteiger partial charge < -0.3 is 20.1 Å². The van der Waals surface area contributed by atoms with Gasteiger partial charge in [-0.15, -0.1) is 0 Å². The van der Waals surface area contributed by atoms with Crippen molar-refractivity contribution >= 4 is 0 Å². The van der Waals surface area contributed by atoms with Gasteiger partial charge in [-0.1, -0.05) is 50.3 Å². The Morgan fingerprint density at radius 2 is 2.00 bits per heavy atom. The van der Waals surface area contributed by atoms with E-state index in [4.69, 9.17) is 4.74 Å². The van der Waals surface area contributed by atoms with Crippen molar-refractivity contribution in [3.05, 3.63) is 47.6 Å². The van der Waals surface area contributed by atoms with Crippen LogP contribution >= 0.6 is 0 Å². The van der Waals surface area contributed by atoms with Crippen LogP contribution in [0.4, 0.5) is 0 Å². The third-order valence-corrected chi connectivity index (χ3v) is 8.05. The van der Waals surface area contributed by atoms with Crippen LogP contribution in [0.2, 0.25) is 0 Å². The summed E-state index contributed by atoms with van der Waals surface area (Å²) in [4.78, 5) is 0. The number of aliphatic hydroxyl groups is 3. The summed E-state index contributed by atoms with van der Waals surface area (Å²) in [6.45, 7) is 13.3. The van der Waals surface area contributed by atoms with Gasteiger partial charge in [0, 0.05) is 6.42 Å². The van der Waals surface area contributed by atoms with Crippen LogP contribution in [0.5, 0.6) is 0 Å². The van der Waals surface area contributed by atoms with E-state index < -0.39 is 17.8 Å². The highest BCUT2D eigenvalue weighted by molar-refractivity contribution is 5.38. The topological polar surface area (TPSA) is 69.9 Å². The van der Waals surface area contributed by atoms with Gasteiger partial charge in [0.05, 0.1) is 31.0 Å². The summed E-state index contributed by atoms with van der Waals surface area (Å²) in [5.41, 5.74) is 2.81. The fourth-order valence-electron chi connectivity index (χ4n) is 6.39. The van der Waals surface area contributed by atoms with Crippen LogP contribution in [-0.2, 0) is 4.74 Å². The van der Waals surface area contributed by atoms with Gasteiger partial charge >= 0.3 is 0 Å². The minimum Gasteiger partial charge on any atom is -0.393 e. The Bertz CT molecular complexity index is 756. The lowest BCUT2D eigenvalue weighted by Gasteiger charge is -2.44. The zero-order valence-corrected chi connectivity index (χ0v) is 20.5. The second kappa shape index (κ2) is 10.4. The minimum atomic E-state index is -0.786. The molecular formula is C28H44O4. The van der Waals surface area contributed by atoms with Gasteiger partial charge in [0.15, 0.2) is 0 Å². The van der Waals surface area contributed by atoms with E-state index in [1.54, 1.807) is 13.8 Å². The minimum absolute atomic E-state index is 0.308. The molecule has 3 N–H and O–H groups in total. The number of fused-ring (bicyclic) bond motifs is 1. The van der Waals surface area contributed by atoms with Crippen molar-refractivity contribution in [1.29, 1.82) is 0 Å². The Balaban J connectivity index is 1.66. The van der Waals surface area contributed by atoms with Gasteiger partial charge in [-0.2, -0.15) is 0 Å². The normalized spacial score (nSPS) is 37.4. The summed E-state index contributed by atoms with van der Waals surface area (Å²) in [6, 6.07) is 0. The van der Waals surface area contributed by atoms with E-state index in [2.05, 4.69) is 44.7 Å². The molecule has 0 saturated heterocycles. The van der Waals surface area contributed by atoms with E-state index in [1.807, 2.05) is 0 Å². The molecule has 0 aromatic rings. The lowest BCUT2D eigenvalue weighted by Crippen LogP contribution is -2.35. The first-order valence-corrected chi connectivity index (χ1v) is 12.4. The molecule has 6 atom stereocenters. The second-order valence-electron chi connectivity index (χ2n) is 11.3. The Hall–Kier alpha value is -1.20. The van der Waals surface area contributed by atoms with Crippen LogP contribution in [0, 0.1) is 23.2 Å². The Morgan fingerprint density at radius 1 is 1.25 bits per heavy atom. The number of hydrogen-bond acceptors (Lipinski definition) is 4. The van der Waals surface area contributed by atoms with Crippen LogP contribution in [0.1, 0.15) is 72.6 Å². The fraction of sp³-hybridized carbons (Fsp3) is 0.714. The van der Waals surface area contributed by atoms with E-state index in [0.717, 1.165) is 17.6 Å². The molecule has 4 nitrogen and oxygen atoms in total. The van der Waals surface area contributed by atoms with Gasteiger partial charge in [0.1, 0.15) is 0 Å².